The molecule has 1 amide bonds. The van der Waals surface area contributed by atoms with E-state index in [4.69, 9.17) is 0 Å². The van der Waals surface area contributed by atoms with Crippen LogP contribution in [0.5, 0.6) is 0 Å². The third-order valence-corrected chi connectivity index (χ3v) is 6.24. The first-order chi connectivity index (χ1) is 13.3. The molecule has 146 valence electrons. The minimum atomic E-state index is 0.338. The van der Waals surface area contributed by atoms with Crippen LogP contribution in [0.1, 0.15) is 56.9 Å². The summed E-state index contributed by atoms with van der Waals surface area (Å²) in [5.74, 6) is 0.338. The smallest absolute Gasteiger partial charge is 0.222 e. The number of benzene rings is 1. The van der Waals surface area contributed by atoms with Crippen molar-refractivity contribution in [2.45, 2.75) is 64.5 Å². The summed E-state index contributed by atoms with van der Waals surface area (Å²) in [6, 6.07) is 8.68. The van der Waals surface area contributed by atoms with Gasteiger partial charge in [0.2, 0.25) is 5.91 Å². The van der Waals surface area contributed by atoms with Crippen molar-refractivity contribution in [3.05, 3.63) is 36.0 Å². The molecule has 2 aromatic rings. The number of carbonyl (C=O) groups is 1. The van der Waals surface area contributed by atoms with Crippen LogP contribution in [0.3, 0.4) is 0 Å². The highest BCUT2D eigenvalue weighted by Crippen LogP contribution is 2.24. The average molecular weight is 368 g/mol. The lowest BCUT2D eigenvalue weighted by Crippen LogP contribution is -2.32. The number of aryl methyl sites for hydroxylation is 1. The number of piperidine rings is 1. The summed E-state index contributed by atoms with van der Waals surface area (Å²) in [5, 5.41) is 1.32. The van der Waals surface area contributed by atoms with Crippen LogP contribution in [0.2, 0.25) is 0 Å². The number of aromatic nitrogens is 1. The first-order valence-corrected chi connectivity index (χ1v) is 10.9. The molecule has 0 unspecified atom stereocenters. The van der Waals surface area contributed by atoms with Crippen molar-refractivity contribution in [1.82, 2.24) is 14.4 Å². The van der Waals surface area contributed by atoms with E-state index in [0.29, 0.717) is 12.3 Å². The maximum atomic E-state index is 12.7. The van der Waals surface area contributed by atoms with Crippen LogP contribution in [0.4, 0.5) is 0 Å². The summed E-state index contributed by atoms with van der Waals surface area (Å²) in [4.78, 5) is 17.3. The fourth-order valence-corrected chi connectivity index (χ4v) is 4.68. The Kier molecular flexibility index (Phi) is 6.13. The molecule has 0 bridgehead atoms. The van der Waals surface area contributed by atoms with E-state index in [0.717, 1.165) is 26.2 Å². The van der Waals surface area contributed by atoms with Gasteiger partial charge >= 0.3 is 0 Å². The second kappa shape index (κ2) is 8.92. The molecule has 2 aliphatic rings. The lowest BCUT2D eigenvalue weighted by molar-refractivity contribution is -0.131. The number of para-hydroxylation sites is 1. The monoisotopic (exact) mass is 367 g/mol. The van der Waals surface area contributed by atoms with Gasteiger partial charge in [-0.25, -0.2) is 0 Å². The average Bonchev–Trinajstić information content (AvgIpc) is 2.87. The number of amides is 1. The molecule has 1 aromatic heterocycles. The molecule has 0 N–H and O–H groups in total. The summed E-state index contributed by atoms with van der Waals surface area (Å²) >= 11 is 0. The second-order valence-electron chi connectivity index (χ2n) is 8.26. The predicted octanol–water partition coefficient (Wildman–Crippen LogP) is 4.42. The number of nitrogens with zero attached hydrogens (tertiary/aromatic N) is 3. The second-order valence-corrected chi connectivity index (χ2v) is 8.26. The molecular formula is C23H33N3O. The quantitative estimate of drug-likeness (QED) is 0.783. The molecule has 2 aliphatic heterocycles. The van der Waals surface area contributed by atoms with Gasteiger partial charge in [0.1, 0.15) is 0 Å². The molecule has 3 heterocycles. The maximum absolute atomic E-state index is 12.7. The highest BCUT2D eigenvalue weighted by Gasteiger charge is 2.17. The Labute approximate surface area is 163 Å². The number of rotatable bonds is 5. The molecule has 0 atom stereocenters. The number of hydrogen-bond donors (Lipinski definition) is 0. The Balaban J connectivity index is 1.45. The Morgan fingerprint density at radius 3 is 2.30 bits per heavy atom. The first kappa shape index (κ1) is 18.5. The third kappa shape index (κ3) is 4.55. The van der Waals surface area contributed by atoms with Crippen LogP contribution in [-0.4, -0.2) is 46.5 Å². The zero-order chi connectivity index (χ0) is 18.5. The van der Waals surface area contributed by atoms with Gasteiger partial charge < -0.3 is 9.47 Å². The molecule has 27 heavy (non-hydrogen) atoms. The van der Waals surface area contributed by atoms with Crippen LogP contribution in [0.15, 0.2) is 30.5 Å². The normalized spacial score (nSPS) is 19.3. The van der Waals surface area contributed by atoms with Crippen LogP contribution in [0, 0.1) is 0 Å². The van der Waals surface area contributed by atoms with Crippen molar-refractivity contribution in [3.63, 3.8) is 0 Å². The van der Waals surface area contributed by atoms with Crippen LogP contribution < -0.4 is 0 Å². The Morgan fingerprint density at radius 2 is 1.52 bits per heavy atom. The molecule has 0 aliphatic carbocycles. The molecule has 4 nitrogen and oxygen atoms in total. The van der Waals surface area contributed by atoms with Gasteiger partial charge in [-0.3, -0.25) is 9.69 Å². The highest BCUT2D eigenvalue weighted by molar-refractivity contribution is 5.85. The van der Waals surface area contributed by atoms with E-state index in [1.807, 2.05) is 0 Å². The van der Waals surface area contributed by atoms with Gasteiger partial charge in [-0.15, -0.1) is 0 Å². The zero-order valence-corrected chi connectivity index (χ0v) is 16.5. The van der Waals surface area contributed by atoms with Crippen LogP contribution >= 0.6 is 0 Å². The topological polar surface area (TPSA) is 28.5 Å². The Hall–Kier alpha value is -1.81. The molecule has 0 radical (unpaired) electrons. The maximum Gasteiger partial charge on any atom is 0.222 e. The number of likely N-dealkylation sites (tertiary alicyclic amines) is 2. The van der Waals surface area contributed by atoms with Gasteiger partial charge in [0.15, 0.2) is 0 Å². The van der Waals surface area contributed by atoms with Gasteiger partial charge in [-0.05, 0) is 56.8 Å². The lowest BCUT2D eigenvalue weighted by atomic mass is 10.1. The molecule has 0 spiro atoms. The van der Waals surface area contributed by atoms with Crippen molar-refractivity contribution >= 4 is 16.8 Å². The number of hydrogen-bond acceptors (Lipinski definition) is 2. The van der Waals surface area contributed by atoms with Crippen molar-refractivity contribution in [2.75, 3.05) is 26.2 Å². The van der Waals surface area contributed by atoms with Crippen molar-refractivity contribution in [3.8, 4) is 0 Å². The van der Waals surface area contributed by atoms with Crippen LogP contribution in [-0.2, 0) is 17.9 Å². The van der Waals surface area contributed by atoms with E-state index in [1.165, 1.54) is 74.5 Å². The third-order valence-electron chi connectivity index (χ3n) is 6.24. The van der Waals surface area contributed by atoms with E-state index < -0.39 is 0 Å². The molecule has 2 fully saturated rings. The van der Waals surface area contributed by atoms with Gasteiger partial charge in [0, 0.05) is 36.6 Å². The van der Waals surface area contributed by atoms with Gasteiger partial charge in [0.25, 0.3) is 0 Å². The van der Waals surface area contributed by atoms with Crippen molar-refractivity contribution < 1.29 is 4.79 Å². The van der Waals surface area contributed by atoms with E-state index in [2.05, 4.69) is 44.8 Å². The summed E-state index contributed by atoms with van der Waals surface area (Å²) in [5.41, 5.74) is 2.63. The molecule has 1 aromatic carbocycles. The van der Waals surface area contributed by atoms with Crippen LogP contribution in [0.25, 0.3) is 10.9 Å². The van der Waals surface area contributed by atoms with Gasteiger partial charge in [0.05, 0.1) is 6.67 Å². The fourth-order valence-electron chi connectivity index (χ4n) is 4.68. The molecule has 4 heteroatoms. The van der Waals surface area contributed by atoms with Crippen molar-refractivity contribution in [1.29, 1.82) is 0 Å². The van der Waals surface area contributed by atoms with E-state index in [9.17, 15) is 4.79 Å². The minimum Gasteiger partial charge on any atom is -0.343 e. The van der Waals surface area contributed by atoms with Crippen molar-refractivity contribution in [2.24, 2.45) is 0 Å². The van der Waals surface area contributed by atoms with E-state index >= 15 is 0 Å². The number of carbonyl (C=O) groups excluding carboxylic acids is 1. The van der Waals surface area contributed by atoms with Gasteiger partial charge in [-0.2, -0.15) is 0 Å². The largest absolute Gasteiger partial charge is 0.343 e. The Bertz CT molecular complexity index is 752. The SMILES string of the molecule is O=C(CCc1cn(CN2CCCCC2)c2ccccc12)N1CCCCCC1. The fraction of sp³-hybridized carbons (Fsp3) is 0.609. The van der Waals surface area contributed by atoms with E-state index in [-0.39, 0.29) is 0 Å². The summed E-state index contributed by atoms with van der Waals surface area (Å²) in [7, 11) is 0. The first-order valence-electron chi connectivity index (χ1n) is 10.9. The standard InChI is InChI=1S/C23H33N3O/c27-23(25-16-8-1-2-9-17-25)13-12-20-18-26(19-24-14-6-3-7-15-24)22-11-5-4-10-21(20)22/h4-5,10-11,18H,1-3,6-9,12-17,19H2. The summed E-state index contributed by atoms with van der Waals surface area (Å²) in [6.45, 7) is 5.29. The minimum absolute atomic E-state index is 0.338. The molecule has 4 rings (SSSR count). The van der Waals surface area contributed by atoms with Gasteiger partial charge in [-0.1, -0.05) is 37.5 Å². The number of fused-ring (bicyclic) bond motifs is 1. The lowest BCUT2D eigenvalue weighted by Gasteiger charge is -2.27. The molecular weight excluding hydrogens is 334 g/mol. The summed E-state index contributed by atoms with van der Waals surface area (Å²) < 4.78 is 2.40. The molecule has 0 saturated carbocycles. The Morgan fingerprint density at radius 1 is 0.852 bits per heavy atom. The predicted molar refractivity (Wildman–Crippen MR) is 111 cm³/mol. The summed E-state index contributed by atoms with van der Waals surface area (Å²) in [6.07, 6.45) is 12.7. The zero-order valence-electron chi connectivity index (χ0n) is 16.5. The van der Waals surface area contributed by atoms with E-state index in [1.54, 1.807) is 0 Å². The molecule has 2 saturated heterocycles. The highest BCUT2D eigenvalue weighted by atomic mass is 16.2.